The number of alkyl halides is 2. The van der Waals surface area contributed by atoms with Crippen molar-refractivity contribution >= 4 is 40.9 Å². The van der Waals surface area contributed by atoms with E-state index in [1.807, 2.05) is 4.90 Å². The minimum absolute atomic E-state index is 0.0188. The van der Waals surface area contributed by atoms with Gasteiger partial charge in [0.05, 0.1) is 23.7 Å². The first-order valence-electron chi connectivity index (χ1n) is 15.2. The summed E-state index contributed by atoms with van der Waals surface area (Å²) in [4.78, 5) is 42.5. The van der Waals surface area contributed by atoms with Gasteiger partial charge in [0.2, 0.25) is 17.9 Å². The van der Waals surface area contributed by atoms with E-state index in [1.54, 1.807) is 0 Å². The van der Waals surface area contributed by atoms with Gasteiger partial charge in [0.15, 0.2) is 0 Å². The number of carboxylic acid groups (broad SMARTS) is 1. The van der Waals surface area contributed by atoms with Crippen LogP contribution in [0.5, 0.6) is 0 Å². The Bertz CT molecular complexity index is 1080. The summed E-state index contributed by atoms with van der Waals surface area (Å²) in [5.74, 6) is 0.711. The Hall–Kier alpha value is -2.23. The predicted octanol–water partition coefficient (Wildman–Crippen LogP) is 5.04. The highest BCUT2D eigenvalue weighted by molar-refractivity contribution is 6.20. The summed E-state index contributed by atoms with van der Waals surface area (Å²) >= 11 is 6.34. The summed E-state index contributed by atoms with van der Waals surface area (Å²) in [6.07, 6.45) is 8.72. The molecular formula is C29H40ClFN4O5. The zero-order chi connectivity index (χ0) is 27.8. The molecule has 0 saturated heterocycles. The highest BCUT2D eigenvalue weighted by Gasteiger charge is 2.47. The quantitative estimate of drug-likeness (QED) is 0.320. The van der Waals surface area contributed by atoms with Crippen molar-refractivity contribution in [2.24, 2.45) is 27.0 Å². The Morgan fingerprint density at radius 2 is 1.85 bits per heavy atom. The van der Waals surface area contributed by atoms with Crippen molar-refractivity contribution in [3.05, 3.63) is 0 Å². The Morgan fingerprint density at radius 1 is 1.02 bits per heavy atom. The highest BCUT2D eigenvalue weighted by Crippen LogP contribution is 2.41. The molecule has 1 N–H and O–H groups in total. The standard InChI is InChI=1S/C29H40ClFN4O5/c30-17-6-12-21-24(14-17)39-28(33-21)25-15-22(34-40-25)16-5-11-20-23(13-16)32-26(3-1-2-4-27(36)37)35(29(20)38)19-9-7-18(31)8-10-19/h16-21,23-25H,1-15H2,(H,36,37). The van der Waals surface area contributed by atoms with Gasteiger partial charge in [-0.05, 0) is 70.6 Å². The third-order valence-corrected chi connectivity index (χ3v) is 10.1. The maximum Gasteiger partial charge on any atom is 0.303 e. The predicted molar refractivity (Wildman–Crippen MR) is 149 cm³/mol. The maximum absolute atomic E-state index is 13.9. The van der Waals surface area contributed by atoms with E-state index in [0.29, 0.717) is 57.3 Å². The molecule has 0 bridgehead atoms. The van der Waals surface area contributed by atoms with Gasteiger partial charge in [-0.2, -0.15) is 0 Å². The fraction of sp³-hybridized carbons (Fsp3) is 0.828. The van der Waals surface area contributed by atoms with Crippen LogP contribution in [-0.4, -0.2) is 81.2 Å². The van der Waals surface area contributed by atoms with Gasteiger partial charge < -0.3 is 14.7 Å². The van der Waals surface area contributed by atoms with Crippen LogP contribution in [0.15, 0.2) is 15.1 Å². The number of aliphatic carboxylic acids is 1. The normalized spacial score (nSPS) is 39.4. The number of unbranched alkanes of at least 4 members (excludes halogenated alkanes) is 1. The molecule has 0 spiro atoms. The molecule has 3 saturated carbocycles. The molecule has 3 aliphatic heterocycles. The van der Waals surface area contributed by atoms with Crippen LogP contribution >= 0.6 is 11.6 Å². The first-order chi connectivity index (χ1) is 19.4. The number of rotatable bonds is 8. The van der Waals surface area contributed by atoms with Crippen LogP contribution in [0.4, 0.5) is 4.39 Å². The molecule has 11 heteroatoms. The number of halogens is 2. The molecule has 0 aromatic rings. The van der Waals surface area contributed by atoms with Crippen LogP contribution in [0.25, 0.3) is 0 Å². The first kappa shape index (κ1) is 27.9. The average Bonchev–Trinajstić information content (AvgIpc) is 3.59. The number of amidine groups is 1. The van der Waals surface area contributed by atoms with Gasteiger partial charge in [-0.1, -0.05) is 5.16 Å². The van der Waals surface area contributed by atoms with E-state index in [9.17, 15) is 14.0 Å². The van der Waals surface area contributed by atoms with Gasteiger partial charge in [0.1, 0.15) is 18.1 Å². The van der Waals surface area contributed by atoms with Crippen LogP contribution in [0.1, 0.15) is 96.3 Å². The van der Waals surface area contributed by atoms with Crippen molar-refractivity contribution in [3.63, 3.8) is 0 Å². The van der Waals surface area contributed by atoms with Crippen LogP contribution < -0.4 is 0 Å². The monoisotopic (exact) mass is 578 g/mol. The number of carbonyl (C=O) groups is 2. The van der Waals surface area contributed by atoms with E-state index in [4.69, 9.17) is 36.3 Å². The van der Waals surface area contributed by atoms with Crippen molar-refractivity contribution in [2.75, 3.05) is 0 Å². The minimum atomic E-state index is -0.816. The number of amides is 1. The van der Waals surface area contributed by atoms with Crippen LogP contribution in [-0.2, 0) is 19.2 Å². The molecule has 0 radical (unpaired) electrons. The van der Waals surface area contributed by atoms with E-state index >= 15 is 0 Å². The van der Waals surface area contributed by atoms with Gasteiger partial charge in [-0.25, -0.2) is 9.38 Å². The lowest BCUT2D eigenvalue weighted by Crippen LogP contribution is -2.55. The fourth-order valence-corrected chi connectivity index (χ4v) is 7.79. The molecule has 7 unspecified atom stereocenters. The lowest BCUT2D eigenvalue weighted by atomic mass is 9.74. The Kier molecular flexibility index (Phi) is 8.33. The van der Waals surface area contributed by atoms with E-state index in [0.717, 1.165) is 50.1 Å². The SMILES string of the molecule is O=C(O)CCCCC1=NC2CC(C3=NOC(C4=NC5CCC(Cl)CC5O4)C3)CCC2C(=O)N1C1CCC(F)CC1. The van der Waals surface area contributed by atoms with Crippen molar-refractivity contribution in [2.45, 2.75) is 138 Å². The van der Waals surface area contributed by atoms with Gasteiger partial charge in [0.25, 0.3) is 0 Å². The third-order valence-electron chi connectivity index (χ3n) is 9.69. The molecule has 0 aromatic heterocycles. The molecule has 220 valence electrons. The van der Waals surface area contributed by atoms with Gasteiger partial charge in [0, 0.05) is 43.0 Å². The molecule has 7 atom stereocenters. The second-order valence-electron chi connectivity index (χ2n) is 12.4. The molecule has 6 aliphatic rings. The molecule has 40 heavy (non-hydrogen) atoms. The molecule has 3 aliphatic carbocycles. The Morgan fingerprint density at radius 3 is 2.65 bits per heavy atom. The highest BCUT2D eigenvalue weighted by atomic mass is 35.5. The Balaban J connectivity index is 1.11. The zero-order valence-corrected chi connectivity index (χ0v) is 23.7. The number of ether oxygens (including phenoxy) is 1. The number of carbonyl (C=O) groups excluding carboxylic acids is 1. The van der Waals surface area contributed by atoms with Crippen LogP contribution in [0.3, 0.4) is 0 Å². The number of oxime groups is 1. The second kappa shape index (κ2) is 11.9. The molecule has 1 amide bonds. The maximum atomic E-state index is 13.9. The molecule has 6 rings (SSSR count). The number of hydrogen-bond donors (Lipinski definition) is 1. The minimum Gasteiger partial charge on any atom is -0.481 e. The van der Waals surface area contributed by atoms with Crippen molar-refractivity contribution in [1.82, 2.24) is 4.90 Å². The van der Waals surface area contributed by atoms with Gasteiger partial charge in [-0.15, -0.1) is 11.6 Å². The number of aliphatic imine (C=N–C) groups is 2. The van der Waals surface area contributed by atoms with Crippen molar-refractivity contribution in [1.29, 1.82) is 0 Å². The molecule has 3 fully saturated rings. The average molecular weight is 579 g/mol. The number of carboxylic acids is 1. The van der Waals surface area contributed by atoms with Crippen molar-refractivity contribution < 1.29 is 28.7 Å². The summed E-state index contributed by atoms with van der Waals surface area (Å²) in [6.45, 7) is 0. The van der Waals surface area contributed by atoms with Crippen molar-refractivity contribution in [3.8, 4) is 0 Å². The van der Waals surface area contributed by atoms with Crippen LogP contribution in [0, 0.1) is 11.8 Å². The Labute approximate surface area is 239 Å². The van der Waals surface area contributed by atoms with E-state index in [1.165, 1.54) is 0 Å². The summed E-state index contributed by atoms with van der Waals surface area (Å²) in [7, 11) is 0. The number of fused-ring (bicyclic) bond motifs is 2. The molecule has 9 nitrogen and oxygen atoms in total. The topological polar surface area (TPSA) is 113 Å². The summed E-state index contributed by atoms with van der Waals surface area (Å²) < 4.78 is 20.0. The smallest absolute Gasteiger partial charge is 0.303 e. The number of nitrogens with zero attached hydrogens (tertiary/aromatic N) is 4. The summed E-state index contributed by atoms with van der Waals surface area (Å²) in [6, 6.07) is 0.0158. The third kappa shape index (κ3) is 5.88. The van der Waals surface area contributed by atoms with Crippen LogP contribution in [0.2, 0.25) is 0 Å². The van der Waals surface area contributed by atoms with Gasteiger partial charge >= 0.3 is 5.97 Å². The second-order valence-corrected chi connectivity index (χ2v) is 13.0. The molecule has 0 aromatic carbocycles. The summed E-state index contributed by atoms with van der Waals surface area (Å²) in [5, 5.41) is 13.6. The first-order valence-corrected chi connectivity index (χ1v) is 15.7. The van der Waals surface area contributed by atoms with Gasteiger partial charge in [-0.3, -0.25) is 19.5 Å². The summed E-state index contributed by atoms with van der Waals surface area (Å²) in [5.41, 5.74) is 0.995. The lowest BCUT2D eigenvalue weighted by Gasteiger charge is -2.45. The lowest BCUT2D eigenvalue weighted by molar-refractivity contribution is -0.138. The fourth-order valence-electron chi connectivity index (χ4n) is 7.48. The van der Waals surface area contributed by atoms with E-state index in [2.05, 4.69) is 5.16 Å². The largest absolute Gasteiger partial charge is 0.481 e. The van der Waals surface area contributed by atoms with E-state index < -0.39 is 12.1 Å². The van der Waals surface area contributed by atoms with E-state index in [-0.39, 0.29) is 59.9 Å². The zero-order valence-electron chi connectivity index (χ0n) is 22.9. The molecular weight excluding hydrogens is 539 g/mol. The number of hydrogen-bond acceptors (Lipinski definition) is 7. The molecule has 3 heterocycles.